The highest BCUT2D eigenvalue weighted by atomic mass is 16.5. The van der Waals surface area contributed by atoms with Crippen molar-refractivity contribution in [3.05, 3.63) is 35.4 Å². The molecule has 0 heterocycles. The van der Waals surface area contributed by atoms with Gasteiger partial charge < -0.3 is 4.74 Å². The van der Waals surface area contributed by atoms with Gasteiger partial charge in [0.25, 0.3) is 0 Å². The average molecular weight is 179 g/mol. The van der Waals surface area contributed by atoms with E-state index in [0.717, 1.165) is 6.42 Å². The molecule has 72 valence electrons. The Morgan fingerprint density at radius 3 is 2.31 bits per heavy atom. The largest absolute Gasteiger partial charge is 0.362 e. The summed E-state index contributed by atoms with van der Waals surface area (Å²) in [5, 5.41) is 3.08. The van der Waals surface area contributed by atoms with E-state index in [0.29, 0.717) is 0 Å². The second-order valence-corrected chi connectivity index (χ2v) is 3.00. The maximum absolute atomic E-state index is 5.25. The topological polar surface area (TPSA) is 21.3 Å². The van der Waals surface area contributed by atoms with E-state index in [1.165, 1.54) is 11.1 Å². The molecule has 1 atom stereocenters. The quantitative estimate of drug-likeness (QED) is 0.715. The summed E-state index contributed by atoms with van der Waals surface area (Å²) in [5.41, 5.74) is 2.52. The molecule has 0 bridgehead atoms. The van der Waals surface area contributed by atoms with Crippen molar-refractivity contribution >= 4 is 0 Å². The minimum Gasteiger partial charge on any atom is -0.362 e. The van der Waals surface area contributed by atoms with E-state index in [9.17, 15) is 0 Å². The first-order valence-electron chi connectivity index (χ1n) is 4.60. The van der Waals surface area contributed by atoms with Crippen LogP contribution in [0.4, 0.5) is 0 Å². The molecule has 0 aliphatic heterocycles. The van der Waals surface area contributed by atoms with Crippen molar-refractivity contribution < 1.29 is 4.74 Å². The maximum atomic E-state index is 5.25. The summed E-state index contributed by atoms with van der Waals surface area (Å²) in [7, 11) is 3.59. The first kappa shape index (κ1) is 10.2. The lowest BCUT2D eigenvalue weighted by Gasteiger charge is -2.14. The van der Waals surface area contributed by atoms with Crippen LogP contribution in [0.2, 0.25) is 0 Å². The van der Waals surface area contributed by atoms with Gasteiger partial charge in [-0.2, -0.15) is 0 Å². The molecule has 1 aromatic carbocycles. The van der Waals surface area contributed by atoms with Crippen LogP contribution in [0.5, 0.6) is 0 Å². The Hall–Kier alpha value is -0.860. The normalized spacial score (nSPS) is 12.8. The van der Waals surface area contributed by atoms with Crippen LogP contribution in [-0.2, 0) is 11.2 Å². The van der Waals surface area contributed by atoms with Crippen molar-refractivity contribution in [3.63, 3.8) is 0 Å². The van der Waals surface area contributed by atoms with Crippen molar-refractivity contribution in [1.29, 1.82) is 0 Å². The van der Waals surface area contributed by atoms with Crippen molar-refractivity contribution in [1.82, 2.24) is 5.32 Å². The molecule has 0 spiro atoms. The maximum Gasteiger partial charge on any atom is 0.133 e. The van der Waals surface area contributed by atoms with Gasteiger partial charge in [-0.3, -0.25) is 5.32 Å². The minimum absolute atomic E-state index is 0.00547. The molecule has 0 aromatic heterocycles. The Balaban J connectivity index is 2.78. The minimum atomic E-state index is 0.00547. The summed E-state index contributed by atoms with van der Waals surface area (Å²) in [5.74, 6) is 0. The van der Waals surface area contributed by atoms with Crippen LogP contribution in [0.25, 0.3) is 0 Å². The summed E-state index contributed by atoms with van der Waals surface area (Å²) in [4.78, 5) is 0. The molecule has 0 radical (unpaired) electrons. The zero-order chi connectivity index (χ0) is 9.68. The Labute approximate surface area is 79.9 Å². The zero-order valence-electron chi connectivity index (χ0n) is 8.50. The van der Waals surface area contributed by atoms with Crippen LogP contribution in [0, 0.1) is 0 Å². The van der Waals surface area contributed by atoms with Crippen molar-refractivity contribution in [3.8, 4) is 0 Å². The number of methoxy groups -OCH3 is 1. The molecule has 2 heteroatoms. The molecule has 0 amide bonds. The Kier molecular flexibility index (Phi) is 3.93. The van der Waals surface area contributed by atoms with Gasteiger partial charge in [-0.1, -0.05) is 31.2 Å². The van der Waals surface area contributed by atoms with Crippen LogP contribution >= 0.6 is 0 Å². The summed E-state index contributed by atoms with van der Waals surface area (Å²) >= 11 is 0. The van der Waals surface area contributed by atoms with Crippen molar-refractivity contribution in [2.75, 3.05) is 14.2 Å². The summed E-state index contributed by atoms with van der Waals surface area (Å²) in [6.07, 6.45) is 1.09. The number of ether oxygens (including phenoxy) is 1. The third-order valence-corrected chi connectivity index (χ3v) is 2.19. The van der Waals surface area contributed by atoms with Gasteiger partial charge in [0.15, 0.2) is 0 Å². The van der Waals surface area contributed by atoms with Gasteiger partial charge in [0, 0.05) is 7.11 Å². The van der Waals surface area contributed by atoms with Crippen LogP contribution in [0.15, 0.2) is 24.3 Å². The van der Waals surface area contributed by atoms with Gasteiger partial charge >= 0.3 is 0 Å². The highest BCUT2D eigenvalue weighted by Gasteiger charge is 2.05. The smallest absolute Gasteiger partial charge is 0.133 e. The summed E-state index contributed by atoms with van der Waals surface area (Å²) < 4.78 is 5.25. The van der Waals surface area contributed by atoms with Crippen LogP contribution in [0.3, 0.4) is 0 Å². The first-order valence-corrected chi connectivity index (χ1v) is 4.60. The lowest BCUT2D eigenvalue weighted by molar-refractivity contribution is 0.0809. The van der Waals surface area contributed by atoms with Crippen LogP contribution in [-0.4, -0.2) is 14.2 Å². The summed E-state index contributed by atoms with van der Waals surface area (Å²) in [6, 6.07) is 8.48. The van der Waals surface area contributed by atoms with Crippen LogP contribution in [0.1, 0.15) is 24.3 Å². The fourth-order valence-electron chi connectivity index (χ4n) is 1.35. The average Bonchev–Trinajstić information content (AvgIpc) is 2.21. The van der Waals surface area contributed by atoms with Crippen LogP contribution < -0.4 is 5.32 Å². The van der Waals surface area contributed by atoms with Gasteiger partial charge in [-0.25, -0.2) is 0 Å². The fourth-order valence-corrected chi connectivity index (χ4v) is 1.35. The Bertz CT molecular complexity index is 239. The monoisotopic (exact) mass is 179 g/mol. The highest BCUT2D eigenvalue weighted by Crippen LogP contribution is 2.13. The molecule has 1 unspecified atom stereocenters. The Morgan fingerprint density at radius 1 is 1.31 bits per heavy atom. The third-order valence-electron chi connectivity index (χ3n) is 2.19. The first-order chi connectivity index (χ1) is 6.31. The zero-order valence-corrected chi connectivity index (χ0v) is 8.50. The van der Waals surface area contributed by atoms with Gasteiger partial charge in [-0.15, -0.1) is 0 Å². The molecular formula is C11H17NO. The van der Waals surface area contributed by atoms with Gasteiger partial charge in [0.05, 0.1) is 0 Å². The van der Waals surface area contributed by atoms with E-state index < -0.39 is 0 Å². The predicted octanol–water partition coefficient (Wildman–Crippen LogP) is 2.11. The van der Waals surface area contributed by atoms with E-state index in [1.807, 2.05) is 7.05 Å². The number of aryl methyl sites for hydroxylation is 1. The highest BCUT2D eigenvalue weighted by molar-refractivity contribution is 5.23. The molecule has 0 aliphatic rings. The lowest BCUT2D eigenvalue weighted by Crippen LogP contribution is -2.17. The SMILES string of the molecule is CCc1ccc(C(NC)OC)cc1. The van der Waals surface area contributed by atoms with Gasteiger partial charge in [0.1, 0.15) is 6.23 Å². The molecule has 0 saturated heterocycles. The molecule has 1 aromatic rings. The van der Waals surface area contributed by atoms with E-state index in [4.69, 9.17) is 4.74 Å². The molecular weight excluding hydrogens is 162 g/mol. The van der Waals surface area contributed by atoms with Gasteiger partial charge in [-0.05, 0) is 24.6 Å². The molecule has 0 saturated carbocycles. The molecule has 1 N–H and O–H groups in total. The number of hydrogen-bond acceptors (Lipinski definition) is 2. The molecule has 0 fully saturated rings. The standard InChI is InChI=1S/C11H17NO/c1-4-9-5-7-10(8-6-9)11(12-2)13-3/h5-8,11-12H,4H2,1-3H3. The van der Waals surface area contributed by atoms with E-state index >= 15 is 0 Å². The second kappa shape index (κ2) is 5.00. The Morgan fingerprint density at radius 2 is 1.92 bits per heavy atom. The second-order valence-electron chi connectivity index (χ2n) is 3.00. The van der Waals surface area contributed by atoms with Crippen molar-refractivity contribution in [2.45, 2.75) is 19.6 Å². The van der Waals surface area contributed by atoms with E-state index in [2.05, 4.69) is 36.5 Å². The molecule has 0 aliphatic carbocycles. The fraction of sp³-hybridized carbons (Fsp3) is 0.455. The van der Waals surface area contributed by atoms with Crippen molar-refractivity contribution in [2.24, 2.45) is 0 Å². The number of nitrogens with one attached hydrogen (secondary N) is 1. The number of rotatable bonds is 4. The number of hydrogen-bond donors (Lipinski definition) is 1. The van der Waals surface area contributed by atoms with E-state index in [-0.39, 0.29) is 6.23 Å². The lowest BCUT2D eigenvalue weighted by atomic mass is 10.1. The number of benzene rings is 1. The molecule has 2 nitrogen and oxygen atoms in total. The molecule has 13 heavy (non-hydrogen) atoms. The summed E-state index contributed by atoms with van der Waals surface area (Å²) in [6.45, 7) is 2.15. The predicted molar refractivity (Wildman–Crippen MR) is 54.6 cm³/mol. The molecule has 1 rings (SSSR count). The van der Waals surface area contributed by atoms with Gasteiger partial charge in [0.2, 0.25) is 0 Å². The van der Waals surface area contributed by atoms with E-state index in [1.54, 1.807) is 7.11 Å². The third kappa shape index (κ3) is 2.54.